The van der Waals surface area contributed by atoms with Gasteiger partial charge in [-0.25, -0.2) is 0 Å². The van der Waals surface area contributed by atoms with Crippen molar-refractivity contribution in [3.8, 4) is 0 Å². The van der Waals surface area contributed by atoms with E-state index >= 15 is 0 Å². The monoisotopic (exact) mass is 289 g/mol. The van der Waals surface area contributed by atoms with Gasteiger partial charge < -0.3 is 5.11 Å². The Bertz CT molecular complexity index is 455. The molecule has 1 fully saturated rings. The van der Waals surface area contributed by atoms with Gasteiger partial charge >= 0.3 is 5.97 Å². The van der Waals surface area contributed by atoms with Gasteiger partial charge in [-0.1, -0.05) is 37.6 Å². The number of piperidine rings is 1. The summed E-state index contributed by atoms with van der Waals surface area (Å²) in [5.41, 5.74) is 2.71. The minimum atomic E-state index is -0.680. The lowest BCUT2D eigenvalue weighted by molar-refractivity contribution is -0.137. The number of carboxylic acids is 1. The molecule has 3 nitrogen and oxygen atoms in total. The summed E-state index contributed by atoms with van der Waals surface area (Å²) in [5.74, 6) is -0.680. The highest BCUT2D eigenvalue weighted by atomic mass is 16.4. The first-order valence-electron chi connectivity index (χ1n) is 8.18. The van der Waals surface area contributed by atoms with Crippen molar-refractivity contribution in [2.75, 3.05) is 6.54 Å². The first-order valence-corrected chi connectivity index (χ1v) is 8.18. The summed E-state index contributed by atoms with van der Waals surface area (Å²) in [7, 11) is 0. The number of likely N-dealkylation sites (tertiary alicyclic amines) is 1. The number of rotatable bonds is 6. The molecule has 1 N–H and O–H groups in total. The first-order chi connectivity index (χ1) is 10.1. The van der Waals surface area contributed by atoms with E-state index in [9.17, 15) is 4.79 Å². The number of hydrogen-bond acceptors (Lipinski definition) is 2. The number of hydrogen-bond donors (Lipinski definition) is 1. The summed E-state index contributed by atoms with van der Waals surface area (Å²) in [6, 6.07) is 9.66. The van der Waals surface area contributed by atoms with E-state index in [-0.39, 0.29) is 6.42 Å². The molecule has 0 amide bonds. The van der Waals surface area contributed by atoms with Crippen LogP contribution in [0.2, 0.25) is 0 Å². The molecule has 0 bridgehead atoms. The molecule has 21 heavy (non-hydrogen) atoms. The maximum absolute atomic E-state index is 10.8. The van der Waals surface area contributed by atoms with E-state index in [4.69, 9.17) is 5.11 Å². The van der Waals surface area contributed by atoms with E-state index in [2.05, 4.69) is 43.0 Å². The fourth-order valence-electron chi connectivity index (χ4n) is 3.36. The average Bonchev–Trinajstić information content (AvgIpc) is 2.52. The fourth-order valence-corrected chi connectivity index (χ4v) is 3.36. The van der Waals surface area contributed by atoms with Crippen LogP contribution in [0.5, 0.6) is 0 Å². The number of aryl methyl sites for hydroxylation is 1. The molecule has 1 heterocycles. The van der Waals surface area contributed by atoms with Crippen LogP contribution >= 0.6 is 0 Å². The molecule has 116 valence electrons. The maximum Gasteiger partial charge on any atom is 0.303 e. The lowest BCUT2D eigenvalue weighted by Gasteiger charge is -2.40. The Hall–Kier alpha value is -1.35. The third kappa shape index (κ3) is 4.31. The Morgan fingerprint density at radius 2 is 2.05 bits per heavy atom. The third-order valence-corrected chi connectivity index (χ3v) is 4.73. The molecule has 1 aromatic rings. The van der Waals surface area contributed by atoms with Crippen LogP contribution in [-0.4, -0.2) is 28.6 Å². The number of carboxylic acid groups (broad SMARTS) is 1. The van der Waals surface area contributed by atoms with E-state index < -0.39 is 5.97 Å². The molecule has 0 saturated carbocycles. The Kier molecular flexibility index (Phi) is 5.80. The van der Waals surface area contributed by atoms with Gasteiger partial charge in [0, 0.05) is 18.5 Å². The van der Waals surface area contributed by atoms with Crippen molar-refractivity contribution in [1.29, 1.82) is 0 Å². The fraction of sp³-hybridized carbons (Fsp3) is 0.611. The van der Waals surface area contributed by atoms with E-state index in [1.165, 1.54) is 24.0 Å². The zero-order chi connectivity index (χ0) is 15.2. The van der Waals surface area contributed by atoms with Gasteiger partial charge in [0.15, 0.2) is 0 Å². The van der Waals surface area contributed by atoms with Gasteiger partial charge in [-0.3, -0.25) is 9.69 Å². The van der Waals surface area contributed by atoms with Crippen LogP contribution in [0.25, 0.3) is 0 Å². The normalized spacial score (nSPS) is 21.1. The molecular weight excluding hydrogens is 262 g/mol. The molecule has 3 heteroatoms. The van der Waals surface area contributed by atoms with Gasteiger partial charge in [0.05, 0.1) is 0 Å². The molecule has 0 aliphatic carbocycles. The average molecular weight is 289 g/mol. The quantitative estimate of drug-likeness (QED) is 0.859. The van der Waals surface area contributed by atoms with Gasteiger partial charge in [0.1, 0.15) is 0 Å². The molecule has 0 spiro atoms. The summed E-state index contributed by atoms with van der Waals surface area (Å²) < 4.78 is 0. The number of benzene rings is 1. The van der Waals surface area contributed by atoms with Gasteiger partial charge in [0.25, 0.3) is 0 Å². The SMILES string of the molecule is CCc1ccc(C(C)N2CCCCC2CCC(=O)O)cc1. The second kappa shape index (κ2) is 7.60. The zero-order valence-electron chi connectivity index (χ0n) is 13.2. The van der Waals surface area contributed by atoms with Gasteiger partial charge in [-0.2, -0.15) is 0 Å². The van der Waals surface area contributed by atoms with Crippen molar-refractivity contribution in [2.45, 2.75) is 64.5 Å². The first kappa shape index (κ1) is 16.0. The van der Waals surface area contributed by atoms with Crippen molar-refractivity contribution in [3.05, 3.63) is 35.4 Å². The number of carbonyl (C=O) groups is 1. The molecule has 1 saturated heterocycles. The van der Waals surface area contributed by atoms with Crippen molar-refractivity contribution >= 4 is 5.97 Å². The molecule has 0 aromatic heterocycles. The van der Waals surface area contributed by atoms with E-state index in [0.717, 1.165) is 25.8 Å². The van der Waals surface area contributed by atoms with Crippen molar-refractivity contribution in [2.24, 2.45) is 0 Å². The lowest BCUT2D eigenvalue weighted by atomic mass is 9.94. The molecule has 1 aromatic carbocycles. The molecule has 0 radical (unpaired) electrons. The minimum Gasteiger partial charge on any atom is -0.481 e. The highest BCUT2D eigenvalue weighted by Crippen LogP contribution is 2.30. The molecular formula is C18H27NO2. The molecule has 1 aliphatic heterocycles. The van der Waals surface area contributed by atoms with Crippen LogP contribution in [-0.2, 0) is 11.2 Å². The standard InChI is InChI=1S/C18H27NO2/c1-3-15-7-9-16(10-8-15)14(2)19-13-5-4-6-17(19)11-12-18(20)21/h7-10,14,17H,3-6,11-13H2,1-2H3,(H,20,21). The van der Waals surface area contributed by atoms with Gasteiger partial charge in [0.2, 0.25) is 0 Å². The van der Waals surface area contributed by atoms with Crippen LogP contribution in [0.15, 0.2) is 24.3 Å². The number of nitrogens with zero attached hydrogens (tertiary/aromatic N) is 1. The Morgan fingerprint density at radius 1 is 1.33 bits per heavy atom. The van der Waals surface area contributed by atoms with Gasteiger partial charge in [-0.05, 0) is 50.3 Å². The van der Waals surface area contributed by atoms with Crippen molar-refractivity contribution < 1.29 is 9.90 Å². The largest absolute Gasteiger partial charge is 0.481 e. The molecule has 2 rings (SSSR count). The van der Waals surface area contributed by atoms with Crippen molar-refractivity contribution in [1.82, 2.24) is 4.90 Å². The summed E-state index contributed by atoms with van der Waals surface area (Å²) in [4.78, 5) is 13.3. The highest BCUT2D eigenvalue weighted by Gasteiger charge is 2.27. The van der Waals surface area contributed by atoms with Crippen LogP contribution in [0, 0.1) is 0 Å². The van der Waals surface area contributed by atoms with Crippen LogP contribution < -0.4 is 0 Å². The Balaban J connectivity index is 2.05. The predicted molar refractivity (Wildman–Crippen MR) is 85.4 cm³/mol. The summed E-state index contributed by atoms with van der Waals surface area (Å²) in [6.45, 7) is 5.51. The summed E-state index contributed by atoms with van der Waals surface area (Å²) in [6.07, 6.45) is 5.70. The third-order valence-electron chi connectivity index (χ3n) is 4.73. The predicted octanol–water partition coefficient (Wildman–Crippen LogP) is 4.03. The topological polar surface area (TPSA) is 40.5 Å². The van der Waals surface area contributed by atoms with E-state index in [0.29, 0.717) is 12.1 Å². The second-order valence-electron chi connectivity index (χ2n) is 6.09. The highest BCUT2D eigenvalue weighted by molar-refractivity contribution is 5.66. The molecule has 2 unspecified atom stereocenters. The summed E-state index contributed by atoms with van der Waals surface area (Å²) in [5, 5.41) is 8.93. The Labute approximate surface area is 128 Å². The van der Waals surface area contributed by atoms with E-state index in [1.807, 2.05) is 0 Å². The zero-order valence-corrected chi connectivity index (χ0v) is 13.2. The Morgan fingerprint density at radius 3 is 2.67 bits per heavy atom. The van der Waals surface area contributed by atoms with Crippen LogP contribution in [0.3, 0.4) is 0 Å². The molecule has 1 aliphatic rings. The smallest absolute Gasteiger partial charge is 0.303 e. The van der Waals surface area contributed by atoms with Crippen LogP contribution in [0.4, 0.5) is 0 Å². The maximum atomic E-state index is 10.8. The van der Waals surface area contributed by atoms with E-state index in [1.54, 1.807) is 0 Å². The minimum absolute atomic E-state index is 0.280. The lowest BCUT2D eigenvalue weighted by Crippen LogP contribution is -2.41. The number of aliphatic carboxylic acids is 1. The second-order valence-corrected chi connectivity index (χ2v) is 6.09. The van der Waals surface area contributed by atoms with Crippen molar-refractivity contribution in [3.63, 3.8) is 0 Å². The summed E-state index contributed by atoms with van der Waals surface area (Å²) >= 11 is 0. The van der Waals surface area contributed by atoms with Crippen LogP contribution in [0.1, 0.15) is 63.1 Å². The molecule has 2 atom stereocenters. The van der Waals surface area contributed by atoms with Gasteiger partial charge in [-0.15, -0.1) is 0 Å².